The average molecular weight is 308 g/mol. The molecule has 0 radical (unpaired) electrons. The molecule has 82 valence electrons. The molecule has 0 unspecified atom stereocenters. The summed E-state index contributed by atoms with van der Waals surface area (Å²) >= 11 is 7.12. The molecular formula is C8H10BrN3OS2. The van der Waals surface area contributed by atoms with Crippen molar-refractivity contribution in [1.82, 2.24) is 14.3 Å². The van der Waals surface area contributed by atoms with Crippen molar-refractivity contribution in [3.63, 3.8) is 0 Å². The summed E-state index contributed by atoms with van der Waals surface area (Å²) in [5, 5.41) is 4.30. The maximum absolute atomic E-state index is 12.1. The molecule has 1 aromatic rings. The van der Waals surface area contributed by atoms with E-state index in [-0.39, 0.29) is 5.69 Å². The topological polar surface area (TPSA) is 39.8 Å². The molecule has 0 atom stereocenters. The highest BCUT2D eigenvalue weighted by atomic mass is 79.9. The molecular weight excluding hydrogens is 298 g/mol. The molecule has 0 amide bonds. The van der Waals surface area contributed by atoms with E-state index in [4.69, 9.17) is 0 Å². The predicted octanol–water partition coefficient (Wildman–Crippen LogP) is 1.38. The van der Waals surface area contributed by atoms with Gasteiger partial charge < -0.3 is 0 Å². The van der Waals surface area contributed by atoms with Crippen molar-refractivity contribution >= 4 is 39.5 Å². The molecule has 0 aromatic carbocycles. The van der Waals surface area contributed by atoms with Gasteiger partial charge in [-0.1, -0.05) is 0 Å². The van der Waals surface area contributed by atoms with Crippen molar-refractivity contribution < 1.29 is 0 Å². The van der Waals surface area contributed by atoms with Gasteiger partial charge in [0.05, 0.1) is 12.1 Å². The standard InChI is InChI=1S/C8H10BrN3OS2/c9-7-10-12(6-3-15-4-6)8(13)11(7)5-1-14-2-5/h5-6H,1-4H2. The molecule has 2 fully saturated rings. The van der Waals surface area contributed by atoms with Crippen LogP contribution in [0.1, 0.15) is 12.1 Å². The minimum atomic E-state index is 0.0532. The summed E-state index contributed by atoms with van der Waals surface area (Å²) in [4.78, 5) is 12.1. The Morgan fingerprint density at radius 3 is 2.27 bits per heavy atom. The third-order valence-electron chi connectivity index (χ3n) is 2.74. The lowest BCUT2D eigenvalue weighted by atomic mass is 10.3. The fourth-order valence-corrected chi connectivity index (χ4v) is 3.74. The molecule has 2 aliphatic heterocycles. The lowest BCUT2D eigenvalue weighted by molar-refractivity contribution is 0.487. The van der Waals surface area contributed by atoms with Crippen molar-refractivity contribution in [1.29, 1.82) is 0 Å². The third-order valence-corrected chi connectivity index (χ3v) is 5.77. The van der Waals surface area contributed by atoms with Crippen LogP contribution in [-0.2, 0) is 0 Å². The molecule has 3 rings (SSSR count). The Labute approximate surface area is 104 Å². The second kappa shape index (κ2) is 3.85. The number of nitrogens with zero attached hydrogens (tertiary/aromatic N) is 3. The summed E-state index contributed by atoms with van der Waals surface area (Å²) in [6, 6.07) is 0.658. The first-order valence-electron chi connectivity index (χ1n) is 4.79. The number of hydrogen-bond acceptors (Lipinski definition) is 4. The van der Waals surface area contributed by atoms with Gasteiger partial charge >= 0.3 is 5.69 Å². The van der Waals surface area contributed by atoms with Crippen molar-refractivity contribution in [2.24, 2.45) is 0 Å². The van der Waals surface area contributed by atoms with Gasteiger partial charge in [-0.25, -0.2) is 9.48 Å². The Morgan fingerprint density at radius 2 is 1.80 bits per heavy atom. The Balaban J connectivity index is 1.99. The van der Waals surface area contributed by atoms with Crippen molar-refractivity contribution in [3.05, 3.63) is 15.2 Å². The maximum Gasteiger partial charge on any atom is 0.347 e. The molecule has 2 aliphatic rings. The van der Waals surface area contributed by atoms with E-state index < -0.39 is 0 Å². The molecule has 7 heteroatoms. The van der Waals surface area contributed by atoms with E-state index in [2.05, 4.69) is 21.0 Å². The molecule has 0 bridgehead atoms. The number of rotatable bonds is 2. The first-order chi connectivity index (χ1) is 7.27. The summed E-state index contributed by atoms with van der Waals surface area (Å²) in [5.41, 5.74) is 0.0532. The van der Waals surface area contributed by atoms with Crippen LogP contribution < -0.4 is 5.69 Å². The van der Waals surface area contributed by atoms with Crippen LogP contribution in [0, 0.1) is 0 Å². The van der Waals surface area contributed by atoms with Crippen molar-refractivity contribution in [2.75, 3.05) is 23.0 Å². The molecule has 0 N–H and O–H groups in total. The highest BCUT2D eigenvalue weighted by Crippen LogP contribution is 2.32. The van der Waals surface area contributed by atoms with Gasteiger partial charge in [-0.3, -0.25) is 4.57 Å². The summed E-state index contributed by atoms with van der Waals surface area (Å²) in [5.74, 6) is 4.10. The highest BCUT2D eigenvalue weighted by Gasteiger charge is 2.30. The van der Waals surface area contributed by atoms with Crippen LogP contribution in [0.2, 0.25) is 0 Å². The molecule has 4 nitrogen and oxygen atoms in total. The zero-order chi connectivity index (χ0) is 10.4. The van der Waals surface area contributed by atoms with Gasteiger partial charge in [0.15, 0.2) is 0 Å². The maximum atomic E-state index is 12.1. The van der Waals surface area contributed by atoms with Crippen LogP contribution in [0.5, 0.6) is 0 Å². The number of halogens is 1. The highest BCUT2D eigenvalue weighted by molar-refractivity contribution is 9.10. The lowest BCUT2D eigenvalue weighted by Crippen LogP contribution is -2.38. The summed E-state index contributed by atoms with van der Waals surface area (Å²) in [7, 11) is 0. The van der Waals surface area contributed by atoms with E-state index >= 15 is 0 Å². The van der Waals surface area contributed by atoms with E-state index in [0.717, 1.165) is 23.0 Å². The van der Waals surface area contributed by atoms with Crippen molar-refractivity contribution in [2.45, 2.75) is 12.1 Å². The van der Waals surface area contributed by atoms with E-state index in [1.165, 1.54) is 0 Å². The zero-order valence-corrected chi connectivity index (χ0v) is 11.1. The van der Waals surface area contributed by atoms with Gasteiger partial charge in [0, 0.05) is 23.0 Å². The molecule has 3 heterocycles. The van der Waals surface area contributed by atoms with Gasteiger partial charge in [0.2, 0.25) is 4.73 Å². The van der Waals surface area contributed by atoms with Crippen molar-refractivity contribution in [3.8, 4) is 0 Å². The first-order valence-corrected chi connectivity index (χ1v) is 7.89. The van der Waals surface area contributed by atoms with Gasteiger partial charge in [-0.05, 0) is 15.9 Å². The lowest BCUT2D eigenvalue weighted by Gasteiger charge is -2.26. The Bertz CT molecular complexity index is 436. The minimum absolute atomic E-state index is 0.0532. The van der Waals surface area contributed by atoms with Crippen LogP contribution in [-0.4, -0.2) is 37.4 Å². The van der Waals surface area contributed by atoms with E-state index in [9.17, 15) is 4.79 Å². The molecule has 0 spiro atoms. The SMILES string of the molecule is O=c1n(C2CSC2)nc(Br)n1C1CSC1. The van der Waals surface area contributed by atoms with Gasteiger partial charge in [-0.2, -0.15) is 23.5 Å². The average Bonchev–Trinajstić information content (AvgIpc) is 2.27. The van der Waals surface area contributed by atoms with E-state index in [1.807, 2.05) is 23.5 Å². The monoisotopic (exact) mass is 307 g/mol. The largest absolute Gasteiger partial charge is 0.347 e. The van der Waals surface area contributed by atoms with Crippen LogP contribution in [0.4, 0.5) is 0 Å². The Hall–Kier alpha value is 0.120. The molecule has 0 saturated carbocycles. The second-order valence-corrected chi connectivity index (χ2v) is 6.61. The minimum Gasteiger partial charge on any atom is -0.265 e. The number of hydrogen-bond donors (Lipinski definition) is 0. The van der Waals surface area contributed by atoms with Gasteiger partial charge in [-0.15, -0.1) is 5.10 Å². The summed E-state index contributed by atoms with van der Waals surface area (Å²) in [6.07, 6.45) is 0. The first kappa shape index (κ1) is 10.3. The normalized spacial score (nSPS) is 22.5. The summed E-state index contributed by atoms with van der Waals surface area (Å²) in [6.45, 7) is 0. The quantitative estimate of drug-likeness (QED) is 0.828. The number of thioether (sulfide) groups is 2. The Morgan fingerprint density at radius 1 is 1.20 bits per heavy atom. The molecule has 1 aromatic heterocycles. The number of aromatic nitrogens is 3. The zero-order valence-electron chi connectivity index (χ0n) is 7.93. The Kier molecular flexibility index (Phi) is 2.64. The fourth-order valence-electron chi connectivity index (χ4n) is 1.65. The van der Waals surface area contributed by atoms with E-state index in [1.54, 1.807) is 9.25 Å². The predicted molar refractivity (Wildman–Crippen MR) is 66.9 cm³/mol. The second-order valence-electron chi connectivity index (χ2n) is 3.75. The van der Waals surface area contributed by atoms with Gasteiger partial charge in [0.25, 0.3) is 0 Å². The molecule has 2 saturated heterocycles. The van der Waals surface area contributed by atoms with Crippen LogP contribution >= 0.6 is 39.5 Å². The molecule has 0 aliphatic carbocycles. The van der Waals surface area contributed by atoms with Crippen LogP contribution in [0.15, 0.2) is 9.53 Å². The smallest absolute Gasteiger partial charge is 0.265 e. The van der Waals surface area contributed by atoms with E-state index in [0.29, 0.717) is 16.8 Å². The van der Waals surface area contributed by atoms with Crippen LogP contribution in [0.25, 0.3) is 0 Å². The van der Waals surface area contributed by atoms with Gasteiger partial charge in [0.1, 0.15) is 0 Å². The summed E-state index contributed by atoms with van der Waals surface area (Å²) < 4.78 is 4.12. The third kappa shape index (κ3) is 1.59. The fraction of sp³-hybridized carbons (Fsp3) is 0.750. The van der Waals surface area contributed by atoms with Crippen LogP contribution in [0.3, 0.4) is 0 Å². The molecule has 15 heavy (non-hydrogen) atoms.